The number of halogens is 2. The average Bonchev–Trinajstić information content (AvgIpc) is 2.47. The van der Waals surface area contributed by atoms with E-state index in [9.17, 15) is 14.4 Å². The van der Waals surface area contributed by atoms with Gasteiger partial charge in [-0.05, 0) is 24.3 Å². The van der Waals surface area contributed by atoms with Gasteiger partial charge in [-0.1, -0.05) is 23.2 Å². The van der Waals surface area contributed by atoms with Crippen molar-refractivity contribution in [1.29, 1.82) is 0 Å². The Morgan fingerprint density at radius 1 is 1.17 bits per heavy atom. The minimum Gasteiger partial charge on any atom is -0.465 e. The summed E-state index contributed by atoms with van der Waals surface area (Å²) in [5.41, 5.74) is 0.160. The molecule has 2 aromatic rings. The van der Waals surface area contributed by atoms with Crippen molar-refractivity contribution < 1.29 is 14.3 Å². The van der Waals surface area contributed by atoms with Gasteiger partial charge in [0.25, 0.3) is 5.56 Å². The van der Waals surface area contributed by atoms with Crippen LogP contribution in [0.25, 0.3) is 0 Å². The van der Waals surface area contributed by atoms with E-state index in [0.717, 1.165) is 4.57 Å². The Hall–Kier alpha value is -2.31. The maximum atomic E-state index is 12.0. The summed E-state index contributed by atoms with van der Waals surface area (Å²) in [5.74, 6) is -1.06. The molecule has 1 aromatic heterocycles. The van der Waals surface area contributed by atoms with E-state index in [0.29, 0.717) is 15.7 Å². The molecular formula is C15H12Cl2N2O4. The van der Waals surface area contributed by atoms with E-state index < -0.39 is 17.4 Å². The fourth-order valence-corrected chi connectivity index (χ4v) is 2.40. The molecule has 1 N–H and O–H groups in total. The smallest absolute Gasteiger partial charge is 0.339 e. The first-order valence-corrected chi connectivity index (χ1v) is 7.19. The van der Waals surface area contributed by atoms with Crippen LogP contribution in [0.5, 0.6) is 0 Å². The van der Waals surface area contributed by atoms with Crippen molar-refractivity contribution in [3.8, 4) is 0 Å². The molecule has 2 rings (SSSR count). The summed E-state index contributed by atoms with van der Waals surface area (Å²) in [6.45, 7) is -0.270. The number of benzene rings is 1. The molecule has 0 unspecified atom stereocenters. The zero-order chi connectivity index (χ0) is 17.0. The van der Waals surface area contributed by atoms with Crippen LogP contribution in [0.3, 0.4) is 0 Å². The van der Waals surface area contributed by atoms with Gasteiger partial charge in [-0.25, -0.2) is 4.79 Å². The molecule has 23 heavy (non-hydrogen) atoms. The minimum absolute atomic E-state index is 0.172. The van der Waals surface area contributed by atoms with Crippen LogP contribution in [-0.2, 0) is 16.1 Å². The molecule has 0 aliphatic carbocycles. The number of methoxy groups -OCH3 is 1. The van der Waals surface area contributed by atoms with Crippen molar-refractivity contribution in [3.63, 3.8) is 0 Å². The second kappa shape index (κ2) is 7.30. The molecule has 0 aliphatic heterocycles. The molecule has 0 atom stereocenters. The minimum atomic E-state index is -0.596. The second-order valence-corrected chi connectivity index (χ2v) is 5.45. The molecule has 0 saturated heterocycles. The molecule has 6 nitrogen and oxygen atoms in total. The molecule has 0 radical (unpaired) electrons. The van der Waals surface area contributed by atoms with E-state index in [2.05, 4.69) is 10.1 Å². The SMILES string of the molecule is COC(=O)c1ccc(=O)n(CC(=O)Nc2cc(Cl)cc(Cl)c2)c1. The Morgan fingerprint density at radius 2 is 1.83 bits per heavy atom. The Morgan fingerprint density at radius 3 is 2.43 bits per heavy atom. The molecule has 0 fully saturated rings. The average molecular weight is 355 g/mol. The Labute approximate surface area is 141 Å². The highest BCUT2D eigenvalue weighted by molar-refractivity contribution is 6.35. The first-order chi connectivity index (χ1) is 10.9. The van der Waals surface area contributed by atoms with Gasteiger partial charge in [-0.3, -0.25) is 9.59 Å². The first kappa shape index (κ1) is 17.1. The lowest BCUT2D eigenvalue weighted by atomic mass is 10.3. The van der Waals surface area contributed by atoms with Crippen LogP contribution in [0.15, 0.2) is 41.3 Å². The first-order valence-electron chi connectivity index (χ1n) is 6.44. The number of aromatic nitrogens is 1. The molecule has 0 spiro atoms. The van der Waals surface area contributed by atoms with Gasteiger partial charge >= 0.3 is 5.97 Å². The molecule has 120 valence electrons. The lowest BCUT2D eigenvalue weighted by Crippen LogP contribution is -2.27. The Bertz CT molecular complexity index is 797. The third-order valence-corrected chi connectivity index (χ3v) is 3.30. The number of hydrogen-bond donors (Lipinski definition) is 1. The fourth-order valence-electron chi connectivity index (χ4n) is 1.87. The van der Waals surface area contributed by atoms with Crippen LogP contribution in [0.2, 0.25) is 10.0 Å². The number of hydrogen-bond acceptors (Lipinski definition) is 4. The molecule has 0 saturated carbocycles. The summed E-state index contributed by atoms with van der Waals surface area (Å²) >= 11 is 11.7. The van der Waals surface area contributed by atoms with E-state index in [1.54, 1.807) is 0 Å². The summed E-state index contributed by atoms with van der Waals surface area (Å²) in [5, 5.41) is 3.32. The van der Waals surface area contributed by atoms with Gasteiger partial charge in [0.2, 0.25) is 5.91 Å². The predicted molar refractivity (Wildman–Crippen MR) is 87.1 cm³/mol. The van der Waals surface area contributed by atoms with Gasteiger partial charge in [-0.2, -0.15) is 0 Å². The maximum Gasteiger partial charge on any atom is 0.339 e. The highest BCUT2D eigenvalue weighted by atomic mass is 35.5. The number of nitrogens with one attached hydrogen (secondary N) is 1. The van der Waals surface area contributed by atoms with Gasteiger partial charge in [0.1, 0.15) is 6.54 Å². The Balaban J connectivity index is 2.16. The van der Waals surface area contributed by atoms with Crippen LogP contribution in [-0.4, -0.2) is 23.6 Å². The second-order valence-electron chi connectivity index (χ2n) is 4.58. The largest absolute Gasteiger partial charge is 0.465 e. The van der Waals surface area contributed by atoms with Crippen molar-refractivity contribution in [2.75, 3.05) is 12.4 Å². The summed E-state index contributed by atoms with van der Waals surface area (Å²) in [6.07, 6.45) is 1.26. The predicted octanol–water partition coefficient (Wildman–Crippen LogP) is 2.58. The van der Waals surface area contributed by atoms with Crippen molar-refractivity contribution in [2.45, 2.75) is 6.54 Å². The molecule has 0 bridgehead atoms. The highest BCUT2D eigenvalue weighted by Gasteiger charge is 2.10. The van der Waals surface area contributed by atoms with Crippen LogP contribution < -0.4 is 10.9 Å². The number of carbonyl (C=O) groups excluding carboxylic acids is 2. The number of ether oxygens (including phenoxy) is 1. The van der Waals surface area contributed by atoms with Crippen LogP contribution >= 0.6 is 23.2 Å². The van der Waals surface area contributed by atoms with Gasteiger partial charge in [-0.15, -0.1) is 0 Å². The van der Waals surface area contributed by atoms with Gasteiger partial charge < -0.3 is 14.6 Å². The summed E-state index contributed by atoms with van der Waals surface area (Å²) in [6, 6.07) is 7.11. The maximum absolute atomic E-state index is 12.0. The van der Waals surface area contributed by atoms with E-state index in [-0.39, 0.29) is 12.1 Å². The molecule has 1 heterocycles. The van der Waals surface area contributed by atoms with Gasteiger partial charge in [0.15, 0.2) is 0 Å². The lowest BCUT2D eigenvalue weighted by Gasteiger charge is -2.09. The van der Waals surface area contributed by atoms with E-state index >= 15 is 0 Å². The number of amides is 1. The van der Waals surface area contributed by atoms with Crippen molar-refractivity contribution >= 4 is 40.8 Å². The molecule has 1 amide bonds. The fraction of sp³-hybridized carbons (Fsp3) is 0.133. The quantitative estimate of drug-likeness (QED) is 0.856. The lowest BCUT2D eigenvalue weighted by molar-refractivity contribution is -0.116. The summed E-state index contributed by atoms with van der Waals surface area (Å²) < 4.78 is 5.68. The number of rotatable bonds is 4. The van der Waals surface area contributed by atoms with Gasteiger partial charge in [0, 0.05) is 28.0 Å². The van der Waals surface area contributed by atoms with Crippen LogP contribution in [0.1, 0.15) is 10.4 Å². The van der Waals surface area contributed by atoms with Crippen LogP contribution in [0.4, 0.5) is 5.69 Å². The van der Waals surface area contributed by atoms with Crippen molar-refractivity contribution in [2.24, 2.45) is 0 Å². The van der Waals surface area contributed by atoms with Crippen molar-refractivity contribution in [1.82, 2.24) is 4.57 Å². The van der Waals surface area contributed by atoms with E-state index in [1.165, 1.54) is 43.6 Å². The number of anilines is 1. The zero-order valence-corrected chi connectivity index (χ0v) is 13.5. The third-order valence-electron chi connectivity index (χ3n) is 2.86. The normalized spacial score (nSPS) is 10.2. The van der Waals surface area contributed by atoms with E-state index in [4.69, 9.17) is 23.2 Å². The molecule has 1 aromatic carbocycles. The number of carbonyl (C=O) groups is 2. The van der Waals surface area contributed by atoms with Crippen molar-refractivity contribution in [3.05, 3.63) is 62.5 Å². The number of pyridine rings is 1. The molecular weight excluding hydrogens is 343 g/mol. The highest BCUT2D eigenvalue weighted by Crippen LogP contribution is 2.22. The van der Waals surface area contributed by atoms with E-state index in [1.807, 2.05) is 0 Å². The number of nitrogens with zero attached hydrogens (tertiary/aromatic N) is 1. The van der Waals surface area contributed by atoms with Gasteiger partial charge in [0.05, 0.1) is 12.7 Å². The molecule has 0 aliphatic rings. The molecule has 8 heteroatoms. The summed E-state index contributed by atoms with van der Waals surface area (Å²) in [4.78, 5) is 35.3. The number of esters is 1. The zero-order valence-electron chi connectivity index (χ0n) is 12.0. The monoisotopic (exact) mass is 354 g/mol. The van der Waals surface area contributed by atoms with Crippen LogP contribution in [0, 0.1) is 0 Å². The topological polar surface area (TPSA) is 77.4 Å². The standard InChI is InChI=1S/C15H12Cl2N2O4/c1-23-15(22)9-2-3-14(21)19(7-9)8-13(20)18-12-5-10(16)4-11(17)6-12/h2-7H,8H2,1H3,(H,18,20). The third kappa shape index (κ3) is 4.58. The summed E-state index contributed by atoms with van der Waals surface area (Å²) in [7, 11) is 1.23. The Kier molecular flexibility index (Phi) is 5.41.